The smallest absolute Gasteiger partial charge is 0.337 e. The van der Waals surface area contributed by atoms with Crippen molar-refractivity contribution < 1.29 is 29.7 Å². The fraction of sp³-hybridized carbons (Fsp3) is 0.417. The van der Waals surface area contributed by atoms with Gasteiger partial charge in [0.1, 0.15) is 17.5 Å². The number of benzene rings is 4. The predicted molar refractivity (Wildman–Crippen MR) is 343 cm³/mol. The van der Waals surface area contributed by atoms with E-state index in [9.17, 15) is 19.5 Å². The molecule has 9 rings (SSSR count). The number of aromatic nitrogens is 3. The van der Waals surface area contributed by atoms with Gasteiger partial charge in [-0.25, -0.2) is 29.3 Å². The third kappa shape index (κ3) is 16.3. The zero-order valence-corrected chi connectivity index (χ0v) is 52.6. The summed E-state index contributed by atoms with van der Waals surface area (Å²) >= 11 is 0. The lowest BCUT2D eigenvalue weighted by Crippen LogP contribution is -2.27. The molecule has 0 unspecified atom stereocenters. The Kier molecular flexibility index (Phi) is 20.3. The van der Waals surface area contributed by atoms with Crippen LogP contribution in [0.15, 0.2) is 128 Å². The van der Waals surface area contributed by atoms with Crippen molar-refractivity contribution in [1.82, 2.24) is 15.0 Å². The molecule has 0 atom stereocenters. The number of carboxylic acids is 3. The summed E-state index contributed by atoms with van der Waals surface area (Å²) < 4.78 is 0. The van der Waals surface area contributed by atoms with Crippen molar-refractivity contribution in [2.75, 3.05) is 21.2 Å². The minimum Gasteiger partial charge on any atom is -0.478 e. The highest BCUT2D eigenvalue weighted by Gasteiger charge is 2.31. The molecule has 0 bridgehead atoms. The van der Waals surface area contributed by atoms with E-state index < -0.39 is 17.9 Å². The quantitative estimate of drug-likeness (QED) is 0.0747. The van der Waals surface area contributed by atoms with Crippen molar-refractivity contribution in [3.05, 3.63) is 195 Å². The highest BCUT2D eigenvalue weighted by molar-refractivity contribution is 5.89. The van der Waals surface area contributed by atoms with Gasteiger partial charge in [0.15, 0.2) is 0 Å². The molecule has 0 spiro atoms. The van der Waals surface area contributed by atoms with E-state index in [0.29, 0.717) is 24.3 Å². The van der Waals surface area contributed by atoms with Crippen LogP contribution < -0.4 is 14.7 Å². The molecule has 2 fully saturated rings. The van der Waals surface area contributed by atoms with E-state index >= 15 is 0 Å². The van der Waals surface area contributed by atoms with E-state index in [1.54, 1.807) is 30.3 Å². The Morgan fingerprint density at radius 1 is 0.512 bits per heavy atom. The molecule has 84 heavy (non-hydrogen) atoms. The molecule has 12 heteroatoms. The minimum atomic E-state index is -0.974. The topological polar surface area (TPSA) is 160 Å². The second kappa shape index (κ2) is 26.8. The van der Waals surface area contributed by atoms with Crippen LogP contribution in [0.3, 0.4) is 0 Å². The van der Waals surface area contributed by atoms with Gasteiger partial charge in [0.2, 0.25) is 0 Å². The summed E-state index contributed by atoms with van der Waals surface area (Å²) in [5, 5.41) is 27.5. The Balaban J connectivity index is 0.000000182. The summed E-state index contributed by atoms with van der Waals surface area (Å²) in [6.45, 7) is 36.8. The van der Waals surface area contributed by atoms with E-state index in [1.807, 2.05) is 24.3 Å². The maximum atomic E-state index is 11.3. The van der Waals surface area contributed by atoms with Crippen molar-refractivity contribution in [2.24, 2.45) is 5.92 Å². The van der Waals surface area contributed by atoms with E-state index in [4.69, 9.17) is 10.2 Å². The van der Waals surface area contributed by atoms with Crippen LogP contribution in [-0.2, 0) is 17.4 Å². The molecule has 4 aromatic carbocycles. The first-order chi connectivity index (χ1) is 39.5. The summed E-state index contributed by atoms with van der Waals surface area (Å²) in [4.78, 5) is 53.5. The highest BCUT2D eigenvalue weighted by atomic mass is 16.4. The molecule has 0 radical (unpaired) electrons. The Labute approximate surface area is 500 Å². The van der Waals surface area contributed by atoms with E-state index in [0.717, 1.165) is 52.8 Å². The van der Waals surface area contributed by atoms with Gasteiger partial charge in [-0.05, 0) is 205 Å². The van der Waals surface area contributed by atoms with E-state index in [1.165, 1.54) is 94.5 Å². The molecule has 2 aliphatic carbocycles. The van der Waals surface area contributed by atoms with Gasteiger partial charge in [-0.1, -0.05) is 132 Å². The van der Waals surface area contributed by atoms with Crippen LogP contribution in [0.2, 0.25) is 0 Å². The third-order valence-electron chi connectivity index (χ3n) is 15.6. The summed E-state index contributed by atoms with van der Waals surface area (Å²) in [6.07, 6.45) is 9.49. The predicted octanol–water partition coefficient (Wildman–Crippen LogP) is 18.2. The monoisotopic (exact) mass is 1130 g/mol. The molecule has 12 nitrogen and oxygen atoms in total. The molecule has 2 aliphatic rings. The van der Waals surface area contributed by atoms with Gasteiger partial charge in [0, 0.05) is 54.8 Å². The molecule has 2 saturated carbocycles. The molecule has 3 aromatic heterocycles. The molecule has 3 heterocycles. The zero-order valence-electron chi connectivity index (χ0n) is 52.6. The first-order valence-electron chi connectivity index (χ1n) is 29.9. The fourth-order valence-electron chi connectivity index (χ4n) is 10.6. The molecule has 0 aliphatic heterocycles. The van der Waals surface area contributed by atoms with Crippen LogP contribution in [0.4, 0.5) is 34.5 Å². The number of aromatic carboxylic acids is 3. The number of aryl methyl sites for hydroxylation is 2. The molecular formula is C72H90N6O6. The third-order valence-corrected chi connectivity index (χ3v) is 15.6. The lowest BCUT2D eigenvalue weighted by atomic mass is 9.80. The van der Waals surface area contributed by atoms with Crippen LogP contribution in [0, 0.1) is 19.8 Å². The number of nitrogens with zero attached hydrogens (tertiary/aromatic N) is 6. The number of hydrogen-bond acceptors (Lipinski definition) is 9. The van der Waals surface area contributed by atoms with Crippen molar-refractivity contribution >= 4 is 52.4 Å². The van der Waals surface area contributed by atoms with E-state index in [-0.39, 0.29) is 33.6 Å². The van der Waals surface area contributed by atoms with Crippen molar-refractivity contribution in [2.45, 2.75) is 184 Å². The van der Waals surface area contributed by atoms with E-state index in [2.05, 4.69) is 195 Å². The average molecular weight is 1140 g/mol. The molecular weight excluding hydrogens is 1040 g/mol. The number of carbonyl (C=O) groups is 3. The Morgan fingerprint density at radius 3 is 1.27 bits per heavy atom. The summed E-state index contributed by atoms with van der Waals surface area (Å²) in [7, 11) is 0. The second-order valence-electron chi connectivity index (χ2n) is 26.3. The van der Waals surface area contributed by atoms with Gasteiger partial charge in [-0.15, -0.1) is 0 Å². The van der Waals surface area contributed by atoms with Crippen molar-refractivity contribution in [1.29, 1.82) is 0 Å². The lowest BCUT2D eigenvalue weighted by Gasteiger charge is -2.31. The van der Waals surface area contributed by atoms with Gasteiger partial charge in [-0.2, -0.15) is 0 Å². The minimum absolute atomic E-state index is 0.00494. The summed E-state index contributed by atoms with van der Waals surface area (Å²) in [5.41, 5.74) is 16.0. The van der Waals surface area contributed by atoms with Gasteiger partial charge >= 0.3 is 17.9 Å². The SMILES string of the molecule is CC(C)(C)c1cc(N(Cc2ccccc2)c2ccc(C(=O)O)cn2)cc(C(C)(C)C)c1.Cc1cc(C2CC2)c(C(C)C)cc1N(CC(C)C)c1ccc(C(=O)O)cn1.Cc1cc(C2CC2)c(C(C)C)cc1N(c1ccc(C(=O)O)cn1)C(C)C. The Bertz CT molecular complexity index is 3350. The van der Waals surface area contributed by atoms with Gasteiger partial charge in [0.25, 0.3) is 0 Å². The van der Waals surface area contributed by atoms with Crippen LogP contribution in [-0.4, -0.2) is 60.8 Å². The van der Waals surface area contributed by atoms with Crippen LogP contribution in [0.5, 0.6) is 0 Å². The average Bonchev–Trinajstić information content (AvgIpc) is 2.23. The zero-order chi connectivity index (χ0) is 61.5. The number of hydrogen-bond donors (Lipinski definition) is 3. The first-order valence-corrected chi connectivity index (χ1v) is 29.9. The number of rotatable bonds is 18. The fourth-order valence-corrected chi connectivity index (χ4v) is 10.6. The summed E-state index contributed by atoms with van der Waals surface area (Å²) in [6, 6.07) is 36.8. The molecule has 0 amide bonds. The molecule has 0 saturated heterocycles. The van der Waals surface area contributed by atoms with Gasteiger partial charge in [-0.3, -0.25) is 0 Å². The normalized spacial score (nSPS) is 13.3. The van der Waals surface area contributed by atoms with Gasteiger partial charge < -0.3 is 30.0 Å². The molecule has 444 valence electrons. The van der Waals surface area contributed by atoms with Crippen LogP contribution in [0.25, 0.3) is 0 Å². The first kappa shape index (κ1) is 63.7. The van der Waals surface area contributed by atoms with Crippen LogP contribution >= 0.6 is 0 Å². The molecule has 7 aromatic rings. The highest BCUT2D eigenvalue weighted by Crippen LogP contribution is 2.47. The Hall–Kier alpha value is -7.86. The van der Waals surface area contributed by atoms with Crippen LogP contribution in [0.1, 0.15) is 227 Å². The summed E-state index contributed by atoms with van der Waals surface area (Å²) in [5.74, 6) is 2.28. The Morgan fingerprint density at radius 2 is 0.917 bits per heavy atom. The standard InChI is InChI=1S/C27H32N2O2.C23H30N2O2.C22H28N2O2/c1-26(2,3)21-14-22(27(4,5)6)16-23(15-21)29(18-19-10-8-7-9-11-19)24-13-12-20(17-28-24)25(30)31;1-14(2)13-25(22-9-8-18(12-24-22)23(26)27)21-11-19(15(3)4)20(10-16(21)5)17-6-7-17;1-13(2)18-11-20(15(5)10-19(18)16-6-7-16)24(14(3)4)21-9-8-17(12-23-21)22(25)26/h7-17H,18H2,1-6H3,(H,30,31);8-12,14-15,17H,6-7,13H2,1-5H3,(H,26,27);8-14,16H,6-7H2,1-5H3,(H,25,26). The molecule has 3 N–H and O–H groups in total. The number of carboxylic acid groups (broad SMARTS) is 3. The number of anilines is 6. The lowest BCUT2D eigenvalue weighted by molar-refractivity contribution is 0.0685. The number of pyridine rings is 3. The van der Waals surface area contributed by atoms with Crippen molar-refractivity contribution in [3.8, 4) is 0 Å². The van der Waals surface area contributed by atoms with Gasteiger partial charge in [0.05, 0.1) is 16.7 Å². The maximum absolute atomic E-state index is 11.3. The van der Waals surface area contributed by atoms with Crippen molar-refractivity contribution in [3.63, 3.8) is 0 Å². The second-order valence-corrected chi connectivity index (χ2v) is 26.3. The largest absolute Gasteiger partial charge is 0.478 e. The maximum Gasteiger partial charge on any atom is 0.337 e.